The number of hydrogen-bond acceptors (Lipinski definition) is 0. The van der Waals surface area contributed by atoms with E-state index in [1.54, 1.807) is 0 Å². The van der Waals surface area contributed by atoms with Crippen LogP contribution in [-0.4, -0.2) is 17.7 Å². The van der Waals surface area contributed by atoms with Gasteiger partial charge in [0.2, 0.25) is 0 Å². The molecule has 0 saturated heterocycles. The van der Waals surface area contributed by atoms with Gasteiger partial charge in [-0.3, -0.25) is 0 Å². The summed E-state index contributed by atoms with van der Waals surface area (Å²) in [7, 11) is 0. The van der Waals surface area contributed by atoms with Gasteiger partial charge in [0.25, 0.3) is 0 Å². The Hall–Kier alpha value is -0.443. The first kappa shape index (κ1) is 6.67. The quantitative estimate of drug-likeness (QED) is 0.475. The molecule has 0 aliphatic heterocycles. The zero-order valence-electron chi connectivity index (χ0n) is 5.59. The third-order valence-corrected chi connectivity index (χ3v) is 1.41. The van der Waals surface area contributed by atoms with E-state index in [9.17, 15) is 0 Å². The molecule has 1 heteroatoms. The van der Waals surface area contributed by atoms with Crippen molar-refractivity contribution in [2.24, 2.45) is 0 Å². The van der Waals surface area contributed by atoms with Gasteiger partial charge in [0, 0.05) is 0 Å². The van der Waals surface area contributed by atoms with Crippen molar-refractivity contribution in [3.63, 3.8) is 0 Å². The first-order chi connectivity index (χ1) is 4.34. The van der Waals surface area contributed by atoms with Crippen LogP contribution in [0, 0.1) is 0 Å². The minimum atomic E-state index is 1.22. The van der Waals surface area contributed by atoms with Crippen LogP contribution in [0.5, 0.6) is 0 Å². The van der Waals surface area contributed by atoms with Gasteiger partial charge >= 0.3 is 64.4 Å². The molecular weight excluding hydrogens is 103 g/mol. The summed E-state index contributed by atoms with van der Waals surface area (Å²) in [5.41, 5.74) is 1.22. The maximum atomic E-state index is 3.69. The number of benzene rings is 1. The topological polar surface area (TPSA) is 0 Å². The van der Waals surface area contributed by atoms with Crippen molar-refractivity contribution in [1.29, 1.82) is 0 Å². The summed E-state index contributed by atoms with van der Waals surface area (Å²) in [5.74, 6) is 0. The average Bonchev–Trinajstić information content (AvgIpc) is 1.89. The predicted octanol–water partition coefficient (Wildman–Crippen LogP) is 1.12. The Morgan fingerprint density at radius 1 is 1.33 bits per heavy atom. The molecule has 0 fully saturated rings. The second-order valence-corrected chi connectivity index (χ2v) is 2.06. The fourth-order valence-electron chi connectivity index (χ4n) is 0.816. The van der Waals surface area contributed by atoms with E-state index < -0.39 is 0 Å². The molecule has 1 aromatic carbocycles. The van der Waals surface area contributed by atoms with Gasteiger partial charge in [0.1, 0.15) is 0 Å². The molecule has 0 bridgehead atoms. The van der Waals surface area contributed by atoms with Crippen molar-refractivity contribution >= 4 is 28.0 Å². The Morgan fingerprint density at radius 2 is 2.00 bits per heavy atom. The Kier molecular flexibility index (Phi) is 2.16. The zero-order chi connectivity index (χ0) is 6.69. The van der Waals surface area contributed by atoms with E-state index in [0.29, 0.717) is 0 Å². The Morgan fingerprint density at radius 3 is 2.44 bits per heavy atom. The molecule has 1 rings (SSSR count). The van der Waals surface area contributed by atoms with Crippen LogP contribution in [0.4, 0.5) is 0 Å². The van der Waals surface area contributed by atoms with Gasteiger partial charge in [-0.15, -0.1) is 0 Å². The molecule has 0 spiro atoms. The Bertz CT molecular complexity index is 216. The number of hydrogen-bond donors (Lipinski definition) is 0. The fourth-order valence-corrected chi connectivity index (χ4v) is 0.816. The molecule has 0 amide bonds. The van der Waals surface area contributed by atoms with Crippen LogP contribution in [0.25, 0.3) is 6.08 Å². The van der Waals surface area contributed by atoms with Crippen molar-refractivity contribution in [3.8, 4) is 0 Å². The summed E-state index contributed by atoms with van der Waals surface area (Å²) in [6.07, 6.45) is 1.87. The van der Waals surface area contributed by atoms with Gasteiger partial charge in [0.15, 0.2) is 0 Å². The Balaban J connectivity index is 3.15. The predicted molar refractivity (Wildman–Crippen MR) is 41.9 cm³/mol. The van der Waals surface area contributed by atoms with E-state index in [0.717, 1.165) is 0 Å². The monoisotopic (exact) mass is 110 g/mol. The van der Waals surface area contributed by atoms with Gasteiger partial charge in [-0.1, -0.05) is 0 Å². The summed E-state index contributed by atoms with van der Waals surface area (Å²) in [4.78, 5) is 0. The zero-order valence-corrected chi connectivity index (χ0v) is 5.59. The Labute approximate surface area is 64.8 Å². The molecule has 0 atom stereocenters. The maximum absolute atomic E-state index is 3.69. The first-order valence-electron chi connectivity index (χ1n) is 3.02. The summed E-state index contributed by atoms with van der Waals surface area (Å²) in [6, 6.07) is 8.19. The molecule has 0 aliphatic rings. The van der Waals surface area contributed by atoms with Crippen LogP contribution in [0.2, 0.25) is 0 Å². The molecule has 9 heavy (non-hydrogen) atoms. The third-order valence-electron chi connectivity index (χ3n) is 1.41. The molecule has 1 aromatic rings. The second-order valence-electron chi connectivity index (χ2n) is 2.06. The van der Waals surface area contributed by atoms with E-state index in [1.807, 2.05) is 18.2 Å². The molecule has 0 aromatic heterocycles. The normalized spacial score (nSPS) is 9.11. The molecule has 0 radical (unpaired) electrons. The molecule has 0 N–H and O–H groups in total. The van der Waals surface area contributed by atoms with Crippen LogP contribution >= 0.6 is 0 Å². The van der Waals surface area contributed by atoms with Gasteiger partial charge in [-0.25, -0.2) is 0 Å². The molecule has 0 aliphatic carbocycles. The summed E-state index contributed by atoms with van der Waals surface area (Å²) < 4.78 is 1.28. The van der Waals surface area contributed by atoms with Crippen LogP contribution < -0.4 is 4.24 Å². The molecule has 0 heterocycles. The van der Waals surface area contributed by atoms with Crippen molar-refractivity contribution in [2.75, 3.05) is 0 Å². The molecule has 0 saturated carbocycles. The number of rotatable bonds is 1. The van der Waals surface area contributed by atoms with Gasteiger partial charge in [0.05, 0.1) is 0 Å². The molecule has 40 valence electrons. The summed E-state index contributed by atoms with van der Waals surface area (Å²) in [6.45, 7) is 3.69. The third kappa shape index (κ3) is 1.48. The molecule has 0 nitrogen and oxygen atoms in total. The average molecular weight is 110 g/mol. The SMILES string of the molecule is [Li][c]1ccccc1C=C. The van der Waals surface area contributed by atoms with Crippen molar-refractivity contribution in [2.45, 2.75) is 0 Å². The summed E-state index contributed by atoms with van der Waals surface area (Å²) in [5, 5.41) is 0. The van der Waals surface area contributed by atoms with E-state index in [4.69, 9.17) is 0 Å². The van der Waals surface area contributed by atoms with Crippen LogP contribution in [0.1, 0.15) is 5.56 Å². The van der Waals surface area contributed by atoms with E-state index in [2.05, 4.69) is 36.4 Å². The van der Waals surface area contributed by atoms with Gasteiger partial charge in [-0.2, -0.15) is 0 Å². The standard InChI is InChI=1S/C8H7.Li/c1-2-8-6-4-3-5-7-8;/h2-6H,1H2;. The summed E-state index contributed by atoms with van der Waals surface area (Å²) >= 11 is 2.08. The van der Waals surface area contributed by atoms with Crippen molar-refractivity contribution in [3.05, 3.63) is 36.4 Å². The second kappa shape index (κ2) is 2.92. The van der Waals surface area contributed by atoms with Gasteiger partial charge < -0.3 is 0 Å². The van der Waals surface area contributed by atoms with Crippen molar-refractivity contribution < 1.29 is 0 Å². The fraction of sp³-hybridized carbons (Fsp3) is 0. The van der Waals surface area contributed by atoms with E-state index >= 15 is 0 Å². The van der Waals surface area contributed by atoms with Crippen molar-refractivity contribution in [1.82, 2.24) is 0 Å². The van der Waals surface area contributed by atoms with E-state index in [-0.39, 0.29) is 0 Å². The van der Waals surface area contributed by atoms with Crippen LogP contribution in [0.15, 0.2) is 30.8 Å². The minimum absolute atomic E-state index is 1.22. The van der Waals surface area contributed by atoms with Crippen LogP contribution in [0.3, 0.4) is 0 Å². The van der Waals surface area contributed by atoms with Gasteiger partial charge in [-0.05, 0) is 0 Å². The van der Waals surface area contributed by atoms with Crippen LogP contribution in [-0.2, 0) is 0 Å². The molecular formula is C8H7Li. The molecule has 0 unspecified atom stereocenters. The first-order valence-corrected chi connectivity index (χ1v) is 3.02. The van der Waals surface area contributed by atoms with E-state index in [1.165, 1.54) is 9.80 Å².